The summed E-state index contributed by atoms with van der Waals surface area (Å²) in [6, 6.07) is 3.57. The van der Waals surface area contributed by atoms with Crippen molar-refractivity contribution in [2.75, 3.05) is 18.4 Å². The summed E-state index contributed by atoms with van der Waals surface area (Å²) < 4.78 is 14.5. The van der Waals surface area contributed by atoms with Crippen molar-refractivity contribution in [3.05, 3.63) is 29.1 Å². The largest absolute Gasteiger partial charge is 0.330 e. The zero-order valence-corrected chi connectivity index (χ0v) is 12.1. The van der Waals surface area contributed by atoms with Gasteiger partial charge in [-0.05, 0) is 55.5 Å². The second kappa shape index (κ2) is 6.12. The fourth-order valence-electron chi connectivity index (χ4n) is 3.52. The fraction of sp³-hybridized carbons (Fsp3) is 0.562. The Hall–Kier alpha value is -1.46. The Kier molecular flexibility index (Phi) is 4.22. The number of hydrogen-bond donors (Lipinski definition) is 3. The van der Waals surface area contributed by atoms with E-state index in [0.29, 0.717) is 25.2 Å². The number of anilines is 1. The highest BCUT2D eigenvalue weighted by molar-refractivity contribution is 5.93. The summed E-state index contributed by atoms with van der Waals surface area (Å²) >= 11 is 0. The first kappa shape index (κ1) is 14.5. The quantitative estimate of drug-likeness (QED) is 0.795. The summed E-state index contributed by atoms with van der Waals surface area (Å²) in [7, 11) is 0. The van der Waals surface area contributed by atoms with Crippen LogP contribution in [0.15, 0.2) is 12.1 Å². The number of carbonyl (C=O) groups excluding carboxylic acids is 1. The van der Waals surface area contributed by atoms with Crippen molar-refractivity contribution in [1.82, 2.24) is 5.32 Å². The molecule has 0 unspecified atom stereocenters. The standard InChI is InChI=1S/C16H22FN3O/c17-15-12-6-7-19-9-11(12)4-5-14(15)20-16(21)13-3-1-2-10(13)8-18/h4-5,10,13,19H,1-3,6-9,18H2,(H,20,21)/t10-,13-/m1/s1. The smallest absolute Gasteiger partial charge is 0.227 e. The lowest BCUT2D eigenvalue weighted by atomic mass is 9.95. The maximum Gasteiger partial charge on any atom is 0.227 e. The van der Waals surface area contributed by atoms with E-state index in [1.54, 1.807) is 6.07 Å². The van der Waals surface area contributed by atoms with Crippen LogP contribution in [0.25, 0.3) is 0 Å². The first-order valence-corrected chi connectivity index (χ1v) is 7.72. The van der Waals surface area contributed by atoms with E-state index >= 15 is 0 Å². The Morgan fingerprint density at radius 1 is 1.43 bits per heavy atom. The molecule has 3 rings (SSSR count). The topological polar surface area (TPSA) is 67.2 Å². The van der Waals surface area contributed by atoms with E-state index in [1.165, 1.54) is 0 Å². The van der Waals surface area contributed by atoms with Crippen LogP contribution in [0.1, 0.15) is 30.4 Å². The molecule has 4 N–H and O–H groups in total. The van der Waals surface area contributed by atoms with Crippen molar-refractivity contribution < 1.29 is 9.18 Å². The average Bonchev–Trinajstić information content (AvgIpc) is 2.99. The first-order valence-electron chi connectivity index (χ1n) is 7.72. The molecule has 2 aliphatic rings. The van der Waals surface area contributed by atoms with Crippen LogP contribution >= 0.6 is 0 Å². The number of nitrogens with two attached hydrogens (primary N) is 1. The van der Waals surface area contributed by atoms with Crippen LogP contribution in [0, 0.1) is 17.7 Å². The lowest BCUT2D eigenvalue weighted by Gasteiger charge is -2.21. The third-order valence-electron chi connectivity index (χ3n) is 4.76. The molecule has 0 aromatic heterocycles. The molecule has 1 aromatic rings. The van der Waals surface area contributed by atoms with Crippen molar-refractivity contribution in [3.63, 3.8) is 0 Å². The normalized spacial score (nSPS) is 24.7. The van der Waals surface area contributed by atoms with Crippen LogP contribution < -0.4 is 16.4 Å². The molecule has 0 spiro atoms. The third kappa shape index (κ3) is 2.80. The minimum Gasteiger partial charge on any atom is -0.330 e. The Balaban J connectivity index is 1.77. The lowest BCUT2D eigenvalue weighted by Crippen LogP contribution is -2.30. The number of rotatable bonds is 3. The van der Waals surface area contributed by atoms with E-state index in [-0.39, 0.29) is 23.6 Å². The number of nitrogens with one attached hydrogen (secondary N) is 2. The third-order valence-corrected chi connectivity index (χ3v) is 4.76. The molecular weight excluding hydrogens is 269 g/mol. The molecule has 5 heteroatoms. The molecule has 1 amide bonds. The van der Waals surface area contributed by atoms with Gasteiger partial charge in [-0.3, -0.25) is 4.79 Å². The molecule has 1 saturated carbocycles. The minimum atomic E-state index is -0.273. The average molecular weight is 291 g/mol. The first-order chi connectivity index (χ1) is 10.2. The number of halogens is 1. The van der Waals surface area contributed by atoms with E-state index in [2.05, 4.69) is 10.6 Å². The summed E-state index contributed by atoms with van der Waals surface area (Å²) in [5.74, 6) is -0.206. The molecule has 1 fully saturated rings. The molecule has 114 valence electrons. The van der Waals surface area contributed by atoms with Crippen molar-refractivity contribution in [2.24, 2.45) is 17.6 Å². The Morgan fingerprint density at radius 3 is 3.10 bits per heavy atom. The van der Waals surface area contributed by atoms with Crippen LogP contribution in [0.4, 0.5) is 10.1 Å². The summed E-state index contributed by atoms with van der Waals surface area (Å²) in [6.07, 6.45) is 3.54. The molecule has 21 heavy (non-hydrogen) atoms. The summed E-state index contributed by atoms with van der Waals surface area (Å²) in [6.45, 7) is 1.99. The van der Waals surface area contributed by atoms with Gasteiger partial charge in [-0.2, -0.15) is 0 Å². The van der Waals surface area contributed by atoms with Gasteiger partial charge in [-0.15, -0.1) is 0 Å². The second-order valence-electron chi connectivity index (χ2n) is 6.01. The van der Waals surface area contributed by atoms with Crippen LogP contribution in [0.2, 0.25) is 0 Å². The van der Waals surface area contributed by atoms with Gasteiger partial charge in [0.1, 0.15) is 5.82 Å². The number of hydrogen-bond acceptors (Lipinski definition) is 3. The Bertz CT molecular complexity index is 547. The molecule has 2 atom stereocenters. The number of fused-ring (bicyclic) bond motifs is 1. The molecule has 0 saturated heterocycles. The zero-order chi connectivity index (χ0) is 14.8. The van der Waals surface area contributed by atoms with Gasteiger partial charge in [-0.25, -0.2) is 4.39 Å². The molecule has 1 aromatic carbocycles. The van der Waals surface area contributed by atoms with Crippen LogP contribution in [0.5, 0.6) is 0 Å². The van der Waals surface area contributed by atoms with Crippen molar-refractivity contribution in [3.8, 4) is 0 Å². The van der Waals surface area contributed by atoms with E-state index in [0.717, 1.165) is 36.9 Å². The Morgan fingerprint density at radius 2 is 2.29 bits per heavy atom. The van der Waals surface area contributed by atoms with Gasteiger partial charge in [0.05, 0.1) is 5.69 Å². The number of carbonyl (C=O) groups is 1. The van der Waals surface area contributed by atoms with E-state index in [9.17, 15) is 9.18 Å². The van der Waals surface area contributed by atoms with E-state index < -0.39 is 0 Å². The predicted molar refractivity (Wildman–Crippen MR) is 80.3 cm³/mol. The van der Waals surface area contributed by atoms with Gasteiger partial charge < -0.3 is 16.4 Å². The summed E-state index contributed by atoms with van der Waals surface area (Å²) in [4.78, 5) is 12.4. The molecule has 4 nitrogen and oxygen atoms in total. The van der Waals surface area contributed by atoms with Crippen molar-refractivity contribution in [1.29, 1.82) is 0 Å². The van der Waals surface area contributed by atoms with E-state index in [1.807, 2.05) is 6.07 Å². The van der Waals surface area contributed by atoms with Gasteiger partial charge in [0.15, 0.2) is 0 Å². The molecule has 0 radical (unpaired) electrons. The second-order valence-corrected chi connectivity index (χ2v) is 6.01. The SMILES string of the molecule is NC[C@H]1CCC[C@H]1C(=O)Nc1ccc2c(c1F)CCNC2. The van der Waals surface area contributed by atoms with Gasteiger partial charge >= 0.3 is 0 Å². The number of benzene rings is 1. The monoisotopic (exact) mass is 291 g/mol. The summed E-state index contributed by atoms with van der Waals surface area (Å²) in [5.41, 5.74) is 7.74. The Labute approximate surface area is 124 Å². The van der Waals surface area contributed by atoms with Crippen LogP contribution in [0.3, 0.4) is 0 Å². The molecule has 1 aliphatic heterocycles. The fourth-order valence-corrected chi connectivity index (χ4v) is 3.52. The molecule has 1 heterocycles. The summed E-state index contributed by atoms with van der Waals surface area (Å²) in [5, 5.41) is 6.00. The highest BCUT2D eigenvalue weighted by Gasteiger charge is 2.32. The molecule has 0 bridgehead atoms. The predicted octanol–water partition coefficient (Wildman–Crippen LogP) is 1.78. The van der Waals surface area contributed by atoms with Gasteiger partial charge in [0.25, 0.3) is 0 Å². The minimum absolute atomic E-state index is 0.0768. The zero-order valence-electron chi connectivity index (χ0n) is 12.1. The number of amides is 1. The van der Waals surface area contributed by atoms with Gasteiger partial charge in [0, 0.05) is 12.5 Å². The molecule has 1 aliphatic carbocycles. The van der Waals surface area contributed by atoms with Crippen LogP contribution in [-0.4, -0.2) is 19.0 Å². The highest BCUT2D eigenvalue weighted by Crippen LogP contribution is 2.32. The van der Waals surface area contributed by atoms with E-state index in [4.69, 9.17) is 5.73 Å². The van der Waals surface area contributed by atoms with Gasteiger partial charge in [0.2, 0.25) is 5.91 Å². The van der Waals surface area contributed by atoms with Gasteiger partial charge in [-0.1, -0.05) is 12.5 Å². The lowest BCUT2D eigenvalue weighted by molar-refractivity contribution is -0.120. The molecular formula is C16H22FN3O. The van der Waals surface area contributed by atoms with Crippen LogP contribution in [-0.2, 0) is 17.8 Å². The maximum atomic E-state index is 14.5. The maximum absolute atomic E-state index is 14.5. The highest BCUT2D eigenvalue weighted by atomic mass is 19.1. The van der Waals surface area contributed by atoms with Crippen molar-refractivity contribution in [2.45, 2.75) is 32.2 Å². The van der Waals surface area contributed by atoms with Crippen molar-refractivity contribution >= 4 is 11.6 Å².